The third-order valence-electron chi connectivity index (χ3n) is 3.96. The van der Waals surface area contributed by atoms with Crippen molar-refractivity contribution in [2.24, 2.45) is 5.92 Å². The van der Waals surface area contributed by atoms with Gasteiger partial charge in [0.2, 0.25) is 0 Å². The maximum atomic E-state index is 5.65. The molecule has 4 nitrogen and oxygen atoms in total. The van der Waals surface area contributed by atoms with E-state index in [1.54, 1.807) is 7.11 Å². The van der Waals surface area contributed by atoms with Gasteiger partial charge in [-0.1, -0.05) is 6.92 Å². The number of hydrogen-bond donors (Lipinski definition) is 1. The molecule has 1 saturated heterocycles. The zero-order chi connectivity index (χ0) is 14.4. The second kappa shape index (κ2) is 7.50. The van der Waals surface area contributed by atoms with E-state index in [9.17, 15) is 0 Å². The Morgan fingerprint density at radius 1 is 1.35 bits per heavy atom. The van der Waals surface area contributed by atoms with Crippen molar-refractivity contribution in [2.75, 3.05) is 45.4 Å². The molecule has 4 heteroatoms. The fourth-order valence-corrected chi connectivity index (χ4v) is 2.80. The topological polar surface area (TPSA) is 33.7 Å². The van der Waals surface area contributed by atoms with Gasteiger partial charge in [-0.2, -0.15) is 0 Å². The van der Waals surface area contributed by atoms with E-state index in [4.69, 9.17) is 9.47 Å². The van der Waals surface area contributed by atoms with Crippen molar-refractivity contribution in [2.45, 2.75) is 19.4 Å². The van der Waals surface area contributed by atoms with Crippen LogP contribution in [0, 0.1) is 5.92 Å². The predicted octanol–water partition coefficient (Wildman–Crippen LogP) is 2.15. The van der Waals surface area contributed by atoms with Crippen molar-refractivity contribution in [1.82, 2.24) is 5.32 Å². The Kier molecular flexibility index (Phi) is 5.68. The molecule has 20 heavy (non-hydrogen) atoms. The van der Waals surface area contributed by atoms with Gasteiger partial charge in [0.15, 0.2) is 0 Å². The molecule has 0 aromatic heterocycles. The quantitative estimate of drug-likeness (QED) is 0.864. The molecule has 0 spiro atoms. The van der Waals surface area contributed by atoms with Gasteiger partial charge in [0.1, 0.15) is 5.75 Å². The van der Waals surface area contributed by atoms with E-state index in [-0.39, 0.29) is 0 Å². The van der Waals surface area contributed by atoms with Crippen LogP contribution in [-0.4, -0.2) is 46.5 Å². The first kappa shape index (κ1) is 15.1. The van der Waals surface area contributed by atoms with Gasteiger partial charge in [-0.05, 0) is 37.2 Å². The Morgan fingerprint density at radius 2 is 2.10 bits per heavy atom. The van der Waals surface area contributed by atoms with Gasteiger partial charge in [0.25, 0.3) is 0 Å². The van der Waals surface area contributed by atoms with Gasteiger partial charge in [-0.15, -0.1) is 0 Å². The Labute approximate surface area is 122 Å². The molecule has 1 aromatic rings. The number of ether oxygens (including phenoxy) is 2. The summed E-state index contributed by atoms with van der Waals surface area (Å²) >= 11 is 0. The summed E-state index contributed by atoms with van der Waals surface area (Å²) in [5, 5.41) is 3.58. The van der Waals surface area contributed by atoms with Crippen LogP contribution in [0.3, 0.4) is 0 Å². The smallest absolute Gasteiger partial charge is 0.119 e. The highest BCUT2D eigenvalue weighted by molar-refractivity contribution is 5.48. The van der Waals surface area contributed by atoms with Crippen LogP contribution >= 0.6 is 0 Å². The van der Waals surface area contributed by atoms with E-state index >= 15 is 0 Å². The monoisotopic (exact) mass is 278 g/mol. The van der Waals surface area contributed by atoms with E-state index in [1.807, 2.05) is 12.1 Å². The fraction of sp³-hybridized carbons (Fsp3) is 0.625. The van der Waals surface area contributed by atoms with Gasteiger partial charge in [-0.25, -0.2) is 0 Å². The van der Waals surface area contributed by atoms with E-state index in [0.717, 1.165) is 38.5 Å². The summed E-state index contributed by atoms with van der Waals surface area (Å²) in [6.07, 6.45) is 1.11. The lowest BCUT2D eigenvalue weighted by Gasteiger charge is -2.35. The Hall–Kier alpha value is -1.26. The molecule has 1 aliphatic rings. The van der Waals surface area contributed by atoms with Crippen molar-refractivity contribution in [3.05, 3.63) is 24.3 Å². The first-order valence-corrected chi connectivity index (χ1v) is 7.41. The number of nitrogens with one attached hydrogen (secondary N) is 1. The van der Waals surface area contributed by atoms with Gasteiger partial charge >= 0.3 is 0 Å². The second-order valence-corrected chi connectivity index (χ2v) is 5.37. The van der Waals surface area contributed by atoms with E-state index in [0.29, 0.717) is 12.0 Å². The zero-order valence-corrected chi connectivity index (χ0v) is 12.8. The zero-order valence-electron chi connectivity index (χ0n) is 12.8. The first-order valence-electron chi connectivity index (χ1n) is 7.41. The average Bonchev–Trinajstić information content (AvgIpc) is 2.49. The average molecular weight is 278 g/mol. The molecule has 0 bridgehead atoms. The molecule has 1 heterocycles. The van der Waals surface area contributed by atoms with Crippen LogP contribution in [0.5, 0.6) is 5.75 Å². The molecule has 1 aliphatic heterocycles. The molecule has 1 aromatic carbocycles. The number of anilines is 1. The molecule has 0 aliphatic carbocycles. The maximum absolute atomic E-state index is 5.65. The molecule has 2 atom stereocenters. The summed E-state index contributed by atoms with van der Waals surface area (Å²) in [6, 6.07) is 8.78. The predicted molar refractivity (Wildman–Crippen MR) is 82.7 cm³/mol. The van der Waals surface area contributed by atoms with Crippen molar-refractivity contribution in [1.29, 1.82) is 0 Å². The standard InChI is InChI=1S/C16H26N2O2/c1-4-17-16-9-10-20-12-13(16)11-18(2)14-5-7-15(19-3)8-6-14/h5-8,13,16-17H,4,9-12H2,1-3H3. The van der Waals surface area contributed by atoms with Gasteiger partial charge in [-0.3, -0.25) is 0 Å². The van der Waals surface area contributed by atoms with Gasteiger partial charge in [0, 0.05) is 37.8 Å². The number of methoxy groups -OCH3 is 1. The summed E-state index contributed by atoms with van der Waals surface area (Å²) in [6.45, 7) is 5.91. The van der Waals surface area contributed by atoms with Crippen molar-refractivity contribution in [3.63, 3.8) is 0 Å². The van der Waals surface area contributed by atoms with Crippen LogP contribution in [0.1, 0.15) is 13.3 Å². The van der Waals surface area contributed by atoms with E-state index < -0.39 is 0 Å². The number of rotatable bonds is 6. The molecule has 1 N–H and O–H groups in total. The Balaban J connectivity index is 1.95. The van der Waals surface area contributed by atoms with E-state index in [2.05, 4.69) is 36.3 Å². The Morgan fingerprint density at radius 3 is 2.75 bits per heavy atom. The first-order chi connectivity index (χ1) is 9.74. The minimum absolute atomic E-state index is 0.538. The normalized spacial score (nSPS) is 22.6. The number of nitrogens with zero attached hydrogens (tertiary/aromatic N) is 1. The largest absolute Gasteiger partial charge is 0.497 e. The van der Waals surface area contributed by atoms with Crippen LogP contribution in [0.25, 0.3) is 0 Å². The summed E-state index contributed by atoms with van der Waals surface area (Å²) in [4.78, 5) is 2.29. The van der Waals surface area contributed by atoms with Gasteiger partial charge < -0.3 is 19.7 Å². The maximum Gasteiger partial charge on any atom is 0.119 e. The summed E-state index contributed by atoms with van der Waals surface area (Å²) in [7, 11) is 3.83. The lowest BCUT2D eigenvalue weighted by molar-refractivity contribution is 0.0355. The molecule has 0 amide bonds. The third-order valence-corrected chi connectivity index (χ3v) is 3.96. The lowest BCUT2D eigenvalue weighted by Crippen LogP contribution is -2.47. The van der Waals surface area contributed by atoms with Crippen LogP contribution in [0.15, 0.2) is 24.3 Å². The molecule has 0 radical (unpaired) electrons. The molecular weight excluding hydrogens is 252 g/mol. The highest BCUT2D eigenvalue weighted by Gasteiger charge is 2.26. The minimum Gasteiger partial charge on any atom is -0.497 e. The highest BCUT2D eigenvalue weighted by Crippen LogP contribution is 2.22. The third kappa shape index (κ3) is 3.87. The van der Waals surface area contributed by atoms with Crippen molar-refractivity contribution in [3.8, 4) is 5.75 Å². The SMILES string of the molecule is CCNC1CCOCC1CN(C)c1ccc(OC)cc1. The van der Waals surface area contributed by atoms with Crippen molar-refractivity contribution < 1.29 is 9.47 Å². The van der Waals surface area contributed by atoms with Crippen LogP contribution in [-0.2, 0) is 4.74 Å². The molecule has 2 unspecified atom stereocenters. The number of hydrogen-bond acceptors (Lipinski definition) is 4. The molecule has 2 rings (SSSR count). The van der Waals surface area contributed by atoms with Crippen molar-refractivity contribution >= 4 is 5.69 Å². The van der Waals surface area contributed by atoms with Crippen LogP contribution in [0.4, 0.5) is 5.69 Å². The molecular formula is C16H26N2O2. The summed E-state index contributed by atoms with van der Waals surface area (Å²) in [5.41, 5.74) is 1.21. The summed E-state index contributed by atoms with van der Waals surface area (Å²) in [5.74, 6) is 1.43. The highest BCUT2D eigenvalue weighted by atomic mass is 16.5. The van der Waals surface area contributed by atoms with Crippen LogP contribution < -0.4 is 15.0 Å². The van der Waals surface area contributed by atoms with Crippen LogP contribution in [0.2, 0.25) is 0 Å². The van der Waals surface area contributed by atoms with Gasteiger partial charge in [0.05, 0.1) is 13.7 Å². The second-order valence-electron chi connectivity index (χ2n) is 5.37. The Bertz CT molecular complexity index is 392. The molecule has 0 saturated carbocycles. The fourth-order valence-electron chi connectivity index (χ4n) is 2.80. The summed E-state index contributed by atoms with van der Waals surface area (Å²) < 4.78 is 10.8. The van der Waals surface area contributed by atoms with E-state index in [1.165, 1.54) is 5.69 Å². The molecule has 1 fully saturated rings. The molecule has 112 valence electrons. The minimum atomic E-state index is 0.538. The lowest BCUT2D eigenvalue weighted by atomic mass is 9.95. The number of benzene rings is 1.